The minimum absolute atomic E-state index is 0.0664. The third-order valence-electron chi connectivity index (χ3n) is 5.13. The Hall–Kier alpha value is -1.68. The lowest BCUT2D eigenvalue weighted by Gasteiger charge is -2.46. The number of hydrazone groups is 1. The van der Waals surface area contributed by atoms with Crippen LogP contribution >= 0.6 is 0 Å². The van der Waals surface area contributed by atoms with Crippen molar-refractivity contribution in [3.63, 3.8) is 0 Å². The van der Waals surface area contributed by atoms with Crippen molar-refractivity contribution in [2.45, 2.75) is 38.3 Å². The zero-order valence-electron chi connectivity index (χ0n) is 12.4. The van der Waals surface area contributed by atoms with Crippen LogP contribution in [-0.2, 0) is 4.79 Å². The molecule has 0 unspecified atom stereocenters. The zero-order valence-corrected chi connectivity index (χ0v) is 12.4. The van der Waals surface area contributed by atoms with Gasteiger partial charge in [0, 0.05) is 12.3 Å². The molecule has 0 saturated carbocycles. The molecule has 3 fully saturated rings. The minimum atomic E-state index is 0.0664. The third-order valence-corrected chi connectivity index (χ3v) is 5.13. The highest BCUT2D eigenvalue weighted by Gasteiger charge is 2.50. The summed E-state index contributed by atoms with van der Waals surface area (Å²) in [5.74, 6) is 0.715. The Morgan fingerprint density at radius 3 is 2.57 bits per heavy atom. The van der Waals surface area contributed by atoms with Crippen LogP contribution < -0.4 is 0 Å². The largest absolute Gasteiger partial charge is 0.293 e. The molecular weight excluding hydrogens is 262 g/mol. The van der Waals surface area contributed by atoms with Crippen LogP contribution in [0.5, 0.6) is 0 Å². The Morgan fingerprint density at radius 1 is 1.19 bits per heavy atom. The lowest BCUT2D eigenvalue weighted by Crippen LogP contribution is -2.56. The average Bonchev–Trinajstić information content (AvgIpc) is 2.98. The maximum atomic E-state index is 12.4. The molecule has 0 aliphatic carbocycles. The summed E-state index contributed by atoms with van der Waals surface area (Å²) in [6.45, 7) is 4.21. The first-order valence-corrected chi connectivity index (χ1v) is 7.99. The van der Waals surface area contributed by atoms with Gasteiger partial charge in [0.2, 0.25) is 5.91 Å². The number of fused-ring (bicyclic) bond motifs is 2. The fourth-order valence-electron chi connectivity index (χ4n) is 4.07. The van der Waals surface area contributed by atoms with Gasteiger partial charge in [-0.25, -0.2) is 5.01 Å². The van der Waals surface area contributed by atoms with Crippen LogP contribution in [0.4, 0.5) is 0 Å². The van der Waals surface area contributed by atoms with E-state index in [1.807, 2.05) is 13.0 Å². The molecule has 3 saturated heterocycles. The molecule has 1 aromatic carbocycles. The van der Waals surface area contributed by atoms with Crippen molar-refractivity contribution in [1.82, 2.24) is 9.91 Å². The SMILES string of the molecule is CCC(=O)N1N=C2C3CCN(CC3)[C@@H]2[C@H]1c1ccccc1. The summed E-state index contributed by atoms with van der Waals surface area (Å²) in [4.78, 5) is 14.9. The lowest BCUT2D eigenvalue weighted by molar-refractivity contribution is -0.133. The summed E-state index contributed by atoms with van der Waals surface area (Å²) in [6, 6.07) is 10.8. The van der Waals surface area contributed by atoms with Crippen LogP contribution in [0.25, 0.3) is 0 Å². The molecule has 0 radical (unpaired) electrons. The molecule has 1 aromatic rings. The first-order chi connectivity index (χ1) is 10.3. The molecule has 0 N–H and O–H groups in total. The Bertz CT molecular complexity index is 575. The number of hydrogen-bond donors (Lipinski definition) is 0. The van der Waals surface area contributed by atoms with Gasteiger partial charge in [-0.1, -0.05) is 37.3 Å². The molecule has 4 nitrogen and oxygen atoms in total. The standard InChI is InChI=1S/C17H21N3O/c1-2-14(21)20-16(13-6-4-3-5-7-13)17-15(18-20)12-8-10-19(17)11-9-12/h3-7,12,16-17H,2,8-11H2,1H3/t16-,17+/m1/s1. The molecule has 0 spiro atoms. The van der Waals surface area contributed by atoms with Gasteiger partial charge in [0.15, 0.2) is 0 Å². The van der Waals surface area contributed by atoms with E-state index < -0.39 is 0 Å². The molecule has 4 aliphatic heterocycles. The molecule has 2 bridgehead atoms. The molecule has 21 heavy (non-hydrogen) atoms. The van der Waals surface area contributed by atoms with E-state index in [9.17, 15) is 4.79 Å². The molecule has 110 valence electrons. The van der Waals surface area contributed by atoms with E-state index in [4.69, 9.17) is 5.10 Å². The van der Waals surface area contributed by atoms with Crippen molar-refractivity contribution in [2.24, 2.45) is 11.0 Å². The van der Waals surface area contributed by atoms with Crippen LogP contribution in [0, 0.1) is 5.92 Å². The molecule has 4 aliphatic rings. The van der Waals surface area contributed by atoms with Gasteiger partial charge >= 0.3 is 0 Å². The van der Waals surface area contributed by atoms with Crippen LogP contribution in [0.1, 0.15) is 37.8 Å². The van der Waals surface area contributed by atoms with Crippen molar-refractivity contribution in [3.8, 4) is 0 Å². The highest BCUT2D eigenvalue weighted by molar-refractivity contribution is 5.97. The third kappa shape index (κ3) is 1.93. The monoisotopic (exact) mass is 283 g/mol. The molecular formula is C17H21N3O. The van der Waals surface area contributed by atoms with E-state index in [0.29, 0.717) is 18.4 Å². The van der Waals surface area contributed by atoms with Gasteiger partial charge in [0.25, 0.3) is 0 Å². The van der Waals surface area contributed by atoms with Crippen molar-refractivity contribution in [2.75, 3.05) is 13.1 Å². The zero-order chi connectivity index (χ0) is 14.4. The fraction of sp³-hybridized carbons (Fsp3) is 0.529. The molecule has 4 heteroatoms. The molecule has 0 aromatic heterocycles. The van der Waals surface area contributed by atoms with Crippen molar-refractivity contribution in [1.29, 1.82) is 0 Å². The minimum Gasteiger partial charge on any atom is -0.293 e. The second-order valence-corrected chi connectivity index (χ2v) is 6.23. The van der Waals surface area contributed by atoms with Crippen molar-refractivity contribution >= 4 is 11.6 Å². The van der Waals surface area contributed by atoms with Gasteiger partial charge in [0.1, 0.15) is 6.04 Å². The van der Waals surface area contributed by atoms with Gasteiger partial charge in [-0.05, 0) is 31.5 Å². The maximum absolute atomic E-state index is 12.4. The number of amides is 1. The van der Waals surface area contributed by atoms with Gasteiger partial charge in [-0.15, -0.1) is 0 Å². The van der Waals surface area contributed by atoms with Crippen LogP contribution in [0.3, 0.4) is 0 Å². The van der Waals surface area contributed by atoms with E-state index in [1.54, 1.807) is 5.01 Å². The summed E-state index contributed by atoms with van der Waals surface area (Å²) >= 11 is 0. The Kier molecular flexibility index (Phi) is 3.07. The van der Waals surface area contributed by atoms with Gasteiger partial charge < -0.3 is 0 Å². The van der Waals surface area contributed by atoms with E-state index in [2.05, 4.69) is 29.2 Å². The van der Waals surface area contributed by atoms with Crippen molar-refractivity contribution in [3.05, 3.63) is 35.9 Å². The topological polar surface area (TPSA) is 35.9 Å². The first-order valence-electron chi connectivity index (χ1n) is 7.99. The first kappa shape index (κ1) is 13.0. The van der Waals surface area contributed by atoms with Crippen LogP contribution in [0.15, 0.2) is 35.4 Å². The Labute approximate surface area is 125 Å². The molecule has 1 amide bonds. The second-order valence-electron chi connectivity index (χ2n) is 6.23. The lowest BCUT2D eigenvalue weighted by atomic mass is 9.78. The summed E-state index contributed by atoms with van der Waals surface area (Å²) in [5, 5.41) is 6.55. The number of nitrogens with zero attached hydrogens (tertiary/aromatic N) is 3. The number of rotatable bonds is 2. The smallest absolute Gasteiger partial charge is 0.243 e. The van der Waals surface area contributed by atoms with Gasteiger partial charge in [0.05, 0.1) is 11.8 Å². The highest BCUT2D eigenvalue weighted by Crippen LogP contribution is 2.43. The van der Waals surface area contributed by atoms with Gasteiger partial charge in [-0.3, -0.25) is 9.69 Å². The summed E-state index contributed by atoms with van der Waals surface area (Å²) in [7, 11) is 0. The van der Waals surface area contributed by atoms with Crippen LogP contribution in [0.2, 0.25) is 0 Å². The quantitative estimate of drug-likeness (QED) is 0.835. The molecule has 4 heterocycles. The number of hydrogen-bond acceptors (Lipinski definition) is 3. The maximum Gasteiger partial charge on any atom is 0.243 e. The number of carbonyl (C=O) groups is 1. The summed E-state index contributed by atoms with van der Waals surface area (Å²) in [5.41, 5.74) is 2.46. The number of benzene rings is 1. The van der Waals surface area contributed by atoms with E-state index >= 15 is 0 Å². The Morgan fingerprint density at radius 2 is 1.90 bits per heavy atom. The normalized spacial score (nSPS) is 33.8. The van der Waals surface area contributed by atoms with Crippen molar-refractivity contribution < 1.29 is 4.79 Å². The average molecular weight is 283 g/mol. The van der Waals surface area contributed by atoms with Gasteiger partial charge in [-0.2, -0.15) is 5.10 Å². The molecule has 2 atom stereocenters. The Balaban J connectivity index is 1.77. The van der Waals surface area contributed by atoms with E-state index in [1.165, 1.54) is 24.1 Å². The predicted molar refractivity (Wildman–Crippen MR) is 81.8 cm³/mol. The number of carbonyl (C=O) groups excluding carboxylic acids is 1. The molecule has 5 rings (SSSR count). The predicted octanol–water partition coefficient (Wildman–Crippen LogP) is 2.43. The fourth-order valence-corrected chi connectivity index (χ4v) is 4.07. The number of piperidine rings is 3. The summed E-state index contributed by atoms with van der Waals surface area (Å²) < 4.78 is 0. The van der Waals surface area contributed by atoms with E-state index in [-0.39, 0.29) is 11.9 Å². The highest BCUT2D eigenvalue weighted by atomic mass is 16.2. The second kappa shape index (κ2) is 4.95. The van der Waals surface area contributed by atoms with Crippen LogP contribution in [-0.4, -0.2) is 40.7 Å². The van der Waals surface area contributed by atoms with E-state index in [0.717, 1.165) is 13.1 Å². The summed E-state index contributed by atoms with van der Waals surface area (Å²) in [6.07, 6.45) is 2.91.